The maximum absolute atomic E-state index is 5.83. The number of benzene rings is 1. The highest BCUT2D eigenvalue weighted by atomic mass is 32.1. The van der Waals surface area contributed by atoms with E-state index in [0.29, 0.717) is 5.92 Å². The molecule has 0 aromatic heterocycles. The zero-order valence-electron chi connectivity index (χ0n) is 12.3. The summed E-state index contributed by atoms with van der Waals surface area (Å²) in [5.74, 6) is 2.56. The van der Waals surface area contributed by atoms with Crippen LogP contribution in [-0.2, 0) is 0 Å². The van der Waals surface area contributed by atoms with Crippen LogP contribution in [0.3, 0.4) is 0 Å². The Morgan fingerprint density at radius 3 is 2.44 bits per heavy atom. The second-order valence-electron chi connectivity index (χ2n) is 5.12. The van der Waals surface area contributed by atoms with E-state index >= 15 is 0 Å². The SMILES string of the molecule is CCCOc1cc(C)c(C(C)CCS)c(C)c1C. The summed E-state index contributed by atoms with van der Waals surface area (Å²) in [5, 5.41) is 0. The van der Waals surface area contributed by atoms with Crippen LogP contribution in [0.1, 0.15) is 54.9 Å². The van der Waals surface area contributed by atoms with Gasteiger partial charge in [0.05, 0.1) is 6.61 Å². The van der Waals surface area contributed by atoms with Crippen molar-refractivity contribution in [3.8, 4) is 5.75 Å². The molecular formula is C16H26OS. The van der Waals surface area contributed by atoms with Gasteiger partial charge in [-0.15, -0.1) is 0 Å². The minimum Gasteiger partial charge on any atom is -0.493 e. The fourth-order valence-corrected chi connectivity index (χ4v) is 2.91. The van der Waals surface area contributed by atoms with Crippen molar-refractivity contribution in [2.75, 3.05) is 12.4 Å². The Labute approximate surface area is 117 Å². The van der Waals surface area contributed by atoms with Crippen LogP contribution in [0.15, 0.2) is 6.07 Å². The average molecular weight is 266 g/mol. The van der Waals surface area contributed by atoms with Crippen molar-refractivity contribution in [1.82, 2.24) is 0 Å². The van der Waals surface area contributed by atoms with Gasteiger partial charge in [0.15, 0.2) is 0 Å². The van der Waals surface area contributed by atoms with Gasteiger partial charge in [0, 0.05) is 0 Å². The topological polar surface area (TPSA) is 9.23 Å². The molecule has 1 unspecified atom stereocenters. The molecule has 0 radical (unpaired) electrons. The minimum absolute atomic E-state index is 0.571. The molecule has 0 spiro atoms. The van der Waals surface area contributed by atoms with E-state index in [4.69, 9.17) is 4.74 Å². The maximum atomic E-state index is 5.83. The van der Waals surface area contributed by atoms with Gasteiger partial charge in [0.2, 0.25) is 0 Å². The van der Waals surface area contributed by atoms with Gasteiger partial charge in [0.1, 0.15) is 5.75 Å². The number of thiol groups is 1. The molecule has 102 valence electrons. The smallest absolute Gasteiger partial charge is 0.122 e. The molecule has 2 heteroatoms. The molecule has 0 saturated carbocycles. The molecule has 0 fully saturated rings. The van der Waals surface area contributed by atoms with Crippen molar-refractivity contribution < 1.29 is 4.74 Å². The quantitative estimate of drug-likeness (QED) is 0.726. The molecule has 0 saturated heterocycles. The molecule has 1 atom stereocenters. The third-order valence-corrected chi connectivity index (χ3v) is 3.88. The molecule has 0 N–H and O–H groups in total. The molecule has 0 heterocycles. The molecular weight excluding hydrogens is 240 g/mol. The van der Waals surface area contributed by atoms with Crippen molar-refractivity contribution in [2.24, 2.45) is 0 Å². The lowest BCUT2D eigenvalue weighted by molar-refractivity contribution is 0.314. The van der Waals surface area contributed by atoms with Gasteiger partial charge >= 0.3 is 0 Å². The van der Waals surface area contributed by atoms with Crippen molar-refractivity contribution in [1.29, 1.82) is 0 Å². The fourth-order valence-electron chi connectivity index (χ4n) is 2.52. The predicted octanol–water partition coefficient (Wildman–Crippen LogP) is 4.82. The van der Waals surface area contributed by atoms with Crippen molar-refractivity contribution in [3.05, 3.63) is 28.3 Å². The highest BCUT2D eigenvalue weighted by Crippen LogP contribution is 2.33. The molecule has 0 aliphatic heterocycles. The molecule has 0 aliphatic rings. The summed E-state index contributed by atoms with van der Waals surface area (Å²) in [5.41, 5.74) is 5.49. The number of ether oxygens (including phenoxy) is 1. The van der Waals surface area contributed by atoms with Crippen molar-refractivity contribution in [2.45, 2.75) is 53.4 Å². The first-order valence-electron chi connectivity index (χ1n) is 6.87. The Bertz CT molecular complexity index is 399. The van der Waals surface area contributed by atoms with Crippen molar-refractivity contribution >= 4 is 12.6 Å². The molecule has 1 aromatic rings. The van der Waals surface area contributed by atoms with E-state index in [1.165, 1.54) is 22.3 Å². The second kappa shape index (κ2) is 7.08. The van der Waals surface area contributed by atoms with E-state index in [1.807, 2.05) is 0 Å². The monoisotopic (exact) mass is 266 g/mol. The van der Waals surface area contributed by atoms with E-state index in [-0.39, 0.29) is 0 Å². The normalized spacial score (nSPS) is 12.6. The van der Waals surface area contributed by atoms with Gasteiger partial charge in [-0.1, -0.05) is 13.8 Å². The van der Waals surface area contributed by atoms with Crippen LogP contribution in [0.5, 0.6) is 5.75 Å². The molecule has 0 bridgehead atoms. The van der Waals surface area contributed by atoms with Crippen LogP contribution in [-0.4, -0.2) is 12.4 Å². The van der Waals surface area contributed by atoms with E-state index in [9.17, 15) is 0 Å². The van der Waals surface area contributed by atoms with Crippen molar-refractivity contribution in [3.63, 3.8) is 0 Å². The summed E-state index contributed by atoms with van der Waals surface area (Å²) < 4.78 is 5.83. The van der Waals surface area contributed by atoms with Gasteiger partial charge in [-0.05, 0) is 73.6 Å². The van der Waals surface area contributed by atoms with Gasteiger partial charge in [-0.3, -0.25) is 0 Å². The Morgan fingerprint density at radius 1 is 1.22 bits per heavy atom. The Hall–Kier alpha value is -0.630. The summed E-state index contributed by atoms with van der Waals surface area (Å²) in [7, 11) is 0. The molecule has 1 aromatic carbocycles. The highest BCUT2D eigenvalue weighted by Gasteiger charge is 2.15. The summed E-state index contributed by atoms with van der Waals surface area (Å²) in [6.07, 6.45) is 2.18. The number of hydrogen-bond donors (Lipinski definition) is 1. The lowest BCUT2D eigenvalue weighted by Crippen LogP contribution is -2.06. The summed E-state index contributed by atoms with van der Waals surface area (Å²) in [4.78, 5) is 0. The minimum atomic E-state index is 0.571. The highest BCUT2D eigenvalue weighted by molar-refractivity contribution is 7.80. The van der Waals surface area contributed by atoms with E-state index < -0.39 is 0 Å². The van der Waals surface area contributed by atoms with Crippen LogP contribution >= 0.6 is 12.6 Å². The van der Waals surface area contributed by atoms with E-state index in [1.54, 1.807) is 0 Å². The number of aryl methyl sites for hydroxylation is 1. The summed E-state index contributed by atoms with van der Waals surface area (Å²) in [6.45, 7) is 11.8. The Morgan fingerprint density at radius 2 is 1.89 bits per heavy atom. The predicted molar refractivity (Wildman–Crippen MR) is 83.3 cm³/mol. The third kappa shape index (κ3) is 3.44. The first-order chi connectivity index (χ1) is 8.52. The number of rotatable bonds is 6. The lowest BCUT2D eigenvalue weighted by Gasteiger charge is -2.21. The molecule has 1 rings (SSSR count). The first-order valence-corrected chi connectivity index (χ1v) is 7.50. The zero-order valence-corrected chi connectivity index (χ0v) is 13.2. The van der Waals surface area contributed by atoms with Gasteiger partial charge < -0.3 is 4.74 Å². The van der Waals surface area contributed by atoms with Gasteiger partial charge in [-0.25, -0.2) is 0 Å². The average Bonchev–Trinajstić information content (AvgIpc) is 2.32. The molecule has 0 aliphatic carbocycles. The Kier molecular flexibility index (Phi) is 6.07. The van der Waals surface area contributed by atoms with E-state index in [2.05, 4.69) is 53.3 Å². The first kappa shape index (κ1) is 15.4. The standard InChI is InChI=1S/C16H26OS/c1-6-8-17-15-10-12(3)16(11(2)7-9-18)14(5)13(15)4/h10-11,18H,6-9H2,1-5H3. The van der Waals surface area contributed by atoms with Gasteiger partial charge in [0.25, 0.3) is 0 Å². The van der Waals surface area contributed by atoms with Crippen LogP contribution in [0.2, 0.25) is 0 Å². The molecule has 18 heavy (non-hydrogen) atoms. The van der Waals surface area contributed by atoms with Gasteiger partial charge in [-0.2, -0.15) is 12.6 Å². The second-order valence-corrected chi connectivity index (χ2v) is 5.56. The zero-order chi connectivity index (χ0) is 13.7. The number of hydrogen-bond acceptors (Lipinski definition) is 2. The maximum Gasteiger partial charge on any atom is 0.122 e. The van der Waals surface area contributed by atoms with Crippen LogP contribution in [0.25, 0.3) is 0 Å². The van der Waals surface area contributed by atoms with Crippen LogP contribution in [0.4, 0.5) is 0 Å². The molecule has 1 nitrogen and oxygen atoms in total. The van der Waals surface area contributed by atoms with E-state index in [0.717, 1.165) is 31.0 Å². The van der Waals surface area contributed by atoms with Crippen LogP contribution in [0, 0.1) is 20.8 Å². The largest absolute Gasteiger partial charge is 0.493 e. The summed E-state index contributed by atoms with van der Waals surface area (Å²) >= 11 is 4.35. The van der Waals surface area contributed by atoms with Crippen LogP contribution < -0.4 is 4.74 Å². The fraction of sp³-hybridized carbons (Fsp3) is 0.625. The summed E-state index contributed by atoms with van der Waals surface area (Å²) in [6, 6.07) is 2.20. The lowest BCUT2D eigenvalue weighted by atomic mass is 9.87. The molecule has 0 amide bonds. The third-order valence-electron chi connectivity index (χ3n) is 3.63. The Balaban J connectivity index is 3.11.